The third-order valence-electron chi connectivity index (χ3n) is 5.04. The Bertz CT molecular complexity index is 1200. The minimum Gasteiger partial charge on any atom is -0.324 e. The van der Waals surface area contributed by atoms with Gasteiger partial charge < -0.3 is 14.9 Å². The van der Waals surface area contributed by atoms with E-state index in [1.807, 2.05) is 67.2 Å². The molecule has 0 saturated carbocycles. The number of aryl methyl sites for hydroxylation is 1. The maximum Gasteiger partial charge on any atom is 0.255 e. The number of anilines is 1. The molecule has 140 valence electrons. The minimum atomic E-state index is -0.192. The van der Waals surface area contributed by atoms with E-state index in [-0.39, 0.29) is 11.5 Å². The van der Waals surface area contributed by atoms with Crippen molar-refractivity contribution in [3.63, 3.8) is 0 Å². The molecule has 0 bridgehead atoms. The van der Waals surface area contributed by atoms with Gasteiger partial charge in [-0.15, -0.1) is 0 Å². The molecule has 2 heterocycles. The normalized spacial score (nSPS) is 10.9. The van der Waals surface area contributed by atoms with Gasteiger partial charge in [0.1, 0.15) is 0 Å². The van der Waals surface area contributed by atoms with E-state index < -0.39 is 0 Å². The third-order valence-corrected chi connectivity index (χ3v) is 5.04. The van der Waals surface area contributed by atoms with Crippen LogP contribution in [0.15, 0.2) is 71.8 Å². The number of carbonyl (C=O) groups excluding carboxylic acids is 1. The Balaban J connectivity index is 1.59. The van der Waals surface area contributed by atoms with Crippen LogP contribution in [0.1, 0.15) is 28.4 Å². The van der Waals surface area contributed by atoms with Crippen molar-refractivity contribution in [2.75, 3.05) is 5.32 Å². The second-order valence-corrected chi connectivity index (χ2v) is 6.76. The molecule has 4 rings (SSSR count). The summed E-state index contributed by atoms with van der Waals surface area (Å²) in [7, 11) is 0. The van der Waals surface area contributed by atoms with Crippen molar-refractivity contribution in [2.24, 2.45) is 0 Å². The summed E-state index contributed by atoms with van der Waals surface area (Å²) < 4.78 is 1.98. The van der Waals surface area contributed by atoms with Crippen molar-refractivity contribution in [3.05, 3.63) is 94.0 Å². The lowest BCUT2D eigenvalue weighted by molar-refractivity contribution is 0.102. The van der Waals surface area contributed by atoms with Crippen molar-refractivity contribution in [1.29, 1.82) is 0 Å². The lowest BCUT2D eigenvalue weighted by atomic mass is 10.0. The van der Waals surface area contributed by atoms with Crippen LogP contribution in [-0.2, 0) is 6.42 Å². The summed E-state index contributed by atoms with van der Waals surface area (Å²) in [6.07, 6.45) is 4.60. The number of fused-ring (bicyclic) bond motifs is 1. The number of benzene rings is 2. The molecule has 0 fully saturated rings. The van der Waals surface area contributed by atoms with Gasteiger partial charge in [0.2, 0.25) is 0 Å². The summed E-state index contributed by atoms with van der Waals surface area (Å²) in [6.45, 7) is 3.93. The van der Waals surface area contributed by atoms with E-state index >= 15 is 0 Å². The predicted octanol–water partition coefficient (Wildman–Crippen LogP) is 4.44. The Morgan fingerprint density at radius 1 is 1.07 bits per heavy atom. The molecular weight excluding hydrogens is 350 g/mol. The molecule has 28 heavy (non-hydrogen) atoms. The molecule has 2 aromatic heterocycles. The maximum atomic E-state index is 12.6. The fourth-order valence-corrected chi connectivity index (χ4v) is 3.50. The van der Waals surface area contributed by atoms with Crippen molar-refractivity contribution in [1.82, 2.24) is 9.55 Å². The topological polar surface area (TPSA) is 66.9 Å². The Hall–Kier alpha value is -3.60. The van der Waals surface area contributed by atoms with Gasteiger partial charge in [-0.25, -0.2) is 0 Å². The molecule has 0 aliphatic carbocycles. The summed E-state index contributed by atoms with van der Waals surface area (Å²) in [5, 5.41) is 3.90. The number of nitrogens with one attached hydrogen (secondary N) is 2. The highest BCUT2D eigenvalue weighted by Crippen LogP contribution is 2.22. The fraction of sp³-hybridized carbons (Fsp3) is 0.130. The van der Waals surface area contributed by atoms with E-state index in [4.69, 9.17) is 0 Å². The molecule has 0 spiro atoms. The van der Waals surface area contributed by atoms with Crippen molar-refractivity contribution < 1.29 is 4.79 Å². The van der Waals surface area contributed by atoms with Crippen LogP contribution in [0.2, 0.25) is 0 Å². The number of rotatable bonds is 4. The SMILES string of the molecule is CCc1c(C)c2ccc(NC(=O)c3ccc(-n4cccc4)cc3)cc2[nH]c1=O. The molecule has 5 heteroatoms. The Morgan fingerprint density at radius 2 is 1.79 bits per heavy atom. The quantitative estimate of drug-likeness (QED) is 0.557. The number of pyridine rings is 1. The Morgan fingerprint density at radius 3 is 2.46 bits per heavy atom. The smallest absolute Gasteiger partial charge is 0.255 e. The van der Waals surface area contributed by atoms with Gasteiger partial charge in [0.25, 0.3) is 11.5 Å². The molecule has 2 N–H and O–H groups in total. The van der Waals surface area contributed by atoms with Crippen LogP contribution in [0.25, 0.3) is 16.6 Å². The molecule has 2 aromatic carbocycles. The van der Waals surface area contributed by atoms with E-state index in [0.29, 0.717) is 17.7 Å². The first-order valence-corrected chi connectivity index (χ1v) is 9.27. The number of carbonyl (C=O) groups is 1. The molecule has 0 saturated heterocycles. The predicted molar refractivity (Wildman–Crippen MR) is 112 cm³/mol. The Kier molecular flexibility index (Phi) is 4.57. The summed E-state index contributed by atoms with van der Waals surface area (Å²) in [6, 6.07) is 16.9. The number of hydrogen-bond donors (Lipinski definition) is 2. The summed E-state index contributed by atoms with van der Waals surface area (Å²) in [4.78, 5) is 27.7. The van der Waals surface area contributed by atoms with Gasteiger partial charge in [-0.3, -0.25) is 9.59 Å². The highest BCUT2D eigenvalue weighted by atomic mass is 16.1. The van der Waals surface area contributed by atoms with E-state index in [2.05, 4.69) is 10.3 Å². The average molecular weight is 371 g/mol. The van der Waals surface area contributed by atoms with Gasteiger partial charge >= 0.3 is 0 Å². The molecular formula is C23H21N3O2. The highest BCUT2D eigenvalue weighted by Gasteiger charge is 2.10. The summed E-state index contributed by atoms with van der Waals surface area (Å²) >= 11 is 0. The van der Waals surface area contributed by atoms with Gasteiger partial charge in [-0.1, -0.05) is 13.0 Å². The number of aromatic nitrogens is 2. The number of hydrogen-bond acceptors (Lipinski definition) is 2. The molecule has 0 atom stereocenters. The lowest BCUT2D eigenvalue weighted by Crippen LogP contribution is -2.15. The fourth-order valence-electron chi connectivity index (χ4n) is 3.50. The molecule has 1 amide bonds. The van der Waals surface area contributed by atoms with Crippen molar-refractivity contribution in [3.8, 4) is 5.69 Å². The van der Waals surface area contributed by atoms with E-state index in [1.54, 1.807) is 18.2 Å². The first-order chi connectivity index (χ1) is 13.6. The summed E-state index contributed by atoms with van der Waals surface area (Å²) in [5.41, 5.74) is 4.64. The standard InChI is InChI=1S/C23H21N3O2/c1-3-19-15(2)20-11-8-17(14-21(20)25-23(19)28)24-22(27)16-6-9-18(10-7-16)26-12-4-5-13-26/h4-14H,3H2,1-2H3,(H,24,27)(H,25,28). The van der Waals surface area contributed by atoms with E-state index in [0.717, 1.165) is 27.7 Å². The molecule has 0 aliphatic heterocycles. The number of H-pyrrole nitrogens is 1. The highest BCUT2D eigenvalue weighted by molar-refractivity contribution is 6.05. The molecule has 0 unspecified atom stereocenters. The van der Waals surface area contributed by atoms with Gasteiger partial charge in [0.15, 0.2) is 0 Å². The molecule has 0 aliphatic rings. The van der Waals surface area contributed by atoms with Gasteiger partial charge in [-0.2, -0.15) is 0 Å². The Labute approximate surface area is 162 Å². The number of aromatic amines is 1. The van der Waals surface area contributed by atoms with Gasteiger partial charge in [-0.05, 0) is 67.4 Å². The minimum absolute atomic E-state index is 0.0726. The van der Waals surface area contributed by atoms with Gasteiger partial charge in [0.05, 0.1) is 5.52 Å². The third kappa shape index (κ3) is 3.22. The maximum absolute atomic E-state index is 12.6. The van der Waals surface area contributed by atoms with Crippen LogP contribution in [-0.4, -0.2) is 15.5 Å². The molecule has 4 aromatic rings. The summed E-state index contributed by atoms with van der Waals surface area (Å²) in [5.74, 6) is -0.192. The molecule has 5 nitrogen and oxygen atoms in total. The van der Waals surface area contributed by atoms with Crippen LogP contribution in [0.4, 0.5) is 5.69 Å². The first kappa shape index (κ1) is 17.8. The van der Waals surface area contributed by atoms with Crippen LogP contribution in [0.5, 0.6) is 0 Å². The largest absolute Gasteiger partial charge is 0.324 e. The van der Waals surface area contributed by atoms with Crippen LogP contribution >= 0.6 is 0 Å². The number of nitrogens with zero attached hydrogens (tertiary/aromatic N) is 1. The van der Waals surface area contributed by atoms with Crippen molar-refractivity contribution >= 4 is 22.5 Å². The van der Waals surface area contributed by atoms with Gasteiger partial charge in [0, 0.05) is 40.3 Å². The zero-order valence-electron chi connectivity index (χ0n) is 15.8. The van der Waals surface area contributed by atoms with E-state index in [1.165, 1.54) is 0 Å². The monoisotopic (exact) mass is 371 g/mol. The number of amides is 1. The van der Waals surface area contributed by atoms with Crippen LogP contribution in [0, 0.1) is 6.92 Å². The molecule has 0 radical (unpaired) electrons. The first-order valence-electron chi connectivity index (χ1n) is 9.27. The van der Waals surface area contributed by atoms with Crippen molar-refractivity contribution in [2.45, 2.75) is 20.3 Å². The average Bonchev–Trinajstić information content (AvgIpc) is 3.23. The lowest BCUT2D eigenvalue weighted by Gasteiger charge is -2.10. The van der Waals surface area contributed by atoms with Crippen LogP contribution in [0.3, 0.4) is 0 Å². The van der Waals surface area contributed by atoms with Crippen LogP contribution < -0.4 is 10.9 Å². The zero-order chi connectivity index (χ0) is 19.7. The zero-order valence-corrected chi connectivity index (χ0v) is 15.8. The second-order valence-electron chi connectivity index (χ2n) is 6.76. The second kappa shape index (κ2) is 7.19. The van der Waals surface area contributed by atoms with E-state index in [9.17, 15) is 9.59 Å².